The molecule has 1 aromatic rings. The molecule has 1 atom stereocenters. The van der Waals surface area contributed by atoms with Gasteiger partial charge < -0.3 is 5.32 Å². The minimum absolute atomic E-state index is 0.0606. The summed E-state index contributed by atoms with van der Waals surface area (Å²) in [6, 6.07) is 0. The van der Waals surface area contributed by atoms with Gasteiger partial charge in [0.25, 0.3) is 0 Å². The predicted octanol–water partition coefficient (Wildman–Crippen LogP) is 5.59. The molecule has 122 valence electrons. The molecule has 0 aromatic carbocycles. The van der Waals surface area contributed by atoms with E-state index in [2.05, 4.69) is 39.9 Å². The van der Waals surface area contributed by atoms with Crippen molar-refractivity contribution in [2.24, 2.45) is 0 Å². The van der Waals surface area contributed by atoms with E-state index in [1.54, 1.807) is 0 Å². The highest BCUT2D eigenvalue weighted by Crippen LogP contribution is 2.32. The van der Waals surface area contributed by atoms with Crippen LogP contribution in [0, 0.1) is 6.92 Å². The third-order valence-electron chi connectivity index (χ3n) is 4.25. The Hall–Kier alpha value is -0.410. The summed E-state index contributed by atoms with van der Waals surface area (Å²) in [5, 5.41) is 5.06. The summed E-state index contributed by atoms with van der Waals surface area (Å²) >= 11 is 1.89. The SMILES string of the molecule is CCCCCCCC(C)(NCCC)c1nc(CC)c(C)s1. The minimum atomic E-state index is 0.0606. The maximum atomic E-state index is 4.92. The summed E-state index contributed by atoms with van der Waals surface area (Å²) < 4.78 is 0. The van der Waals surface area contributed by atoms with Gasteiger partial charge in [0.1, 0.15) is 5.01 Å². The fourth-order valence-corrected chi connectivity index (χ4v) is 3.90. The number of nitrogens with zero attached hydrogens (tertiary/aromatic N) is 1. The molecule has 1 rings (SSSR count). The Kier molecular flexibility index (Phi) is 8.50. The number of hydrogen-bond acceptors (Lipinski definition) is 3. The summed E-state index contributed by atoms with van der Waals surface area (Å²) in [7, 11) is 0. The molecule has 1 aromatic heterocycles. The van der Waals surface area contributed by atoms with Crippen molar-refractivity contribution < 1.29 is 0 Å². The molecule has 0 bridgehead atoms. The zero-order valence-electron chi connectivity index (χ0n) is 14.7. The smallest absolute Gasteiger partial charge is 0.113 e. The zero-order chi connectivity index (χ0) is 15.7. The first-order valence-corrected chi connectivity index (χ1v) is 9.60. The van der Waals surface area contributed by atoms with E-state index in [9.17, 15) is 0 Å². The molecule has 3 heteroatoms. The Labute approximate surface area is 135 Å². The molecule has 0 amide bonds. The van der Waals surface area contributed by atoms with Crippen LogP contribution in [0.1, 0.15) is 88.2 Å². The number of rotatable bonds is 11. The van der Waals surface area contributed by atoms with Gasteiger partial charge in [0.15, 0.2) is 0 Å². The molecule has 1 N–H and O–H groups in total. The second-order valence-electron chi connectivity index (χ2n) is 6.30. The first-order valence-electron chi connectivity index (χ1n) is 8.79. The molecule has 0 saturated heterocycles. The lowest BCUT2D eigenvalue weighted by atomic mass is 9.94. The van der Waals surface area contributed by atoms with Crippen molar-refractivity contribution in [2.75, 3.05) is 6.54 Å². The van der Waals surface area contributed by atoms with E-state index in [0.717, 1.165) is 13.0 Å². The normalized spacial score (nSPS) is 14.3. The Balaban J connectivity index is 2.71. The molecule has 21 heavy (non-hydrogen) atoms. The van der Waals surface area contributed by atoms with Crippen LogP contribution in [0.15, 0.2) is 0 Å². The highest BCUT2D eigenvalue weighted by molar-refractivity contribution is 7.11. The van der Waals surface area contributed by atoms with Crippen LogP contribution in [0.3, 0.4) is 0 Å². The van der Waals surface area contributed by atoms with Crippen LogP contribution >= 0.6 is 11.3 Å². The average Bonchev–Trinajstić information content (AvgIpc) is 2.86. The van der Waals surface area contributed by atoms with Crippen molar-refractivity contribution in [3.05, 3.63) is 15.6 Å². The molecule has 0 aliphatic carbocycles. The van der Waals surface area contributed by atoms with Crippen molar-refractivity contribution in [1.82, 2.24) is 10.3 Å². The van der Waals surface area contributed by atoms with Crippen LogP contribution in [0.25, 0.3) is 0 Å². The van der Waals surface area contributed by atoms with Gasteiger partial charge in [-0.25, -0.2) is 4.98 Å². The van der Waals surface area contributed by atoms with Crippen molar-refractivity contribution >= 4 is 11.3 Å². The van der Waals surface area contributed by atoms with Crippen LogP contribution in [-0.4, -0.2) is 11.5 Å². The lowest BCUT2D eigenvalue weighted by molar-refractivity contribution is 0.325. The first kappa shape index (κ1) is 18.6. The molecule has 0 spiro atoms. The molecular formula is C18H34N2S. The van der Waals surface area contributed by atoms with Crippen LogP contribution in [0.2, 0.25) is 0 Å². The van der Waals surface area contributed by atoms with Gasteiger partial charge in [-0.3, -0.25) is 0 Å². The molecule has 0 radical (unpaired) electrons. The average molecular weight is 311 g/mol. The number of aryl methyl sites for hydroxylation is 2. The van der Waals surface area contributed by atoms with Crippen LogP contribution in [-0.2, 0) is 12.0 Å². The van der Waals surface area contributed by atoms with Gasteiger partial charge >= 0.3 is 0 Å². The second-order valence-corrected chi connectivity index (χ2v) is 7.50. The molecule has 1 unspecified atom stereocenters. The lowest BCUT2D eigenvalue weighted by Crippen LogP contribution is -2.40. The maximum Gasteiger partial charge on any atom is 0.113 e. The van der Waals surface area contributed by atoms with E-state index in [4.69, 9.17) is 4.98 Å². The van der Waals surface area contributed by atoms with E-state index in [1.165, 1.54) is 60.5 Å². The van der Waals surface area contributed by atoms with Crippen molar-refractivity contribution in [3.8, 4) is 0 Å². The summed E-state index contributed by atoms with van der Waals surface area (Å²) in [4.78, 5) is 6.32. The quantitative estimate of drug-likeness (QED) is 0.539. The number of aromatic nitrogens is 1. The third kappa shape index (κ3) is 5.71. The summed E-state index contributed by atoms with van der Waals surface area (Å²) in [6.45, 7) is 12.3. The Bertz CT molecular complexity index is 400. The van der Waals surface area contributed by atoms with Crippen molar-refractivity contribution in [1.29, 1.82) is 0 Å². The van der Waals surface area contributed by atoms with Gasteiger partial charge in [0, 0.05) is 4.88 Å². The Morgan fingerprint density at radius 3 is 2.33 bits per heavy atom. The standard InChI is InChI=1S/C18H34N2S/c1-6-9-10-11-12-13-18(5,19-14-7-2)17-20-16(8-3)15(4)21-17/h19H,6-14H2,1-5H3. The monoisotopic (exact) mass is 310 g/mol. The predicted molar refractivity (Wildman–Crippen MR) is 95.3 cm³/mol. The van der Waals surface area contributed by atoms with Crippen molar-refractivity contribution in [3.63, 3.8) is 0 Å². The topological polar surface area (TPSA) is 24.9 Å². The van der Waals surface area contributed by atoms with E-state index >= 15 is 0 Å². The number of thiazole rings is 1. The van der Waals surface area contributed by atoms with Crippen molar-refractivity contribution in [2.45, 2.75) is 91.5 Å². The lowest BCUT2D eigenvalue weighted by Gasteiger charge is -2.29. The van der Waals surface area contributed by atoms with Crippen LogP contribution < -0.4 is 5.32 Å². The highest BCUT2D eigenvalue weighted by Gasteiger charge is 2.29. The zero-order valence-corrected chi connectivity index (χ0v) is 15.5. The van der Waals surface area contributed by atoms with E-state index < -0.39 is 0 Å². The fourth-order valence-electron chi connectivity index (χ4n) is 2.75. The van der Waals surface area contributed by atoms with Gasteiger partial charge in [-0.1, -0.05) is 52.9 Å². The Morgan fingerprint density at radius 2 is 1.76 bits per heavy atom. The van der Waals surface area contributed by atoms with Crippen LogP contribution in [0.4, 0.5) is 0 Å². The molecule has 0 aliphatic heterocycles. The second kappa shape index (κ2) is 9.58. The summed E-state index contributed by atoms with van der Waals surface area (Å²) in [5.41, 5.74) is 1.34. The van der Waals surface area contributed by atoms with Gasteiger partial charge in [0.2, 0.25) is 0 Å². The Morgan fingerprint density at radius 1 is 1.05 bits per heavy atom. The number of nitrogens with one attached hydrogen (secondary N) is 1. The first-order chi connectivity index (χ1) is 10.1. The highest BCUT2D eigenvalue weighted by atomic mass is 32.1. The summed E-state index contributed by atoms with van der Waals surface area (Å²) in [5.74, 6) is 0. The fraction of sp³-hybridized carbons (Fsp3) is 0.833. The molecule has 0 fully saturated rings. The van der Waals surface area contributed by atoms with E-state index in [1.807, 2.05) is 11.3 Å². The summed E-state index contributed by atoms with van der Waals surface area (Å²) in [6.07, 6.45) is 10.1. The van der Waals surface area contributed by atoms with Gasteiger partial charge in [-0.2, -0.15) is 0 Å². The number of unbranched alkanes of at least 4 members (excludes halogenated alkanes) is 4. The van der Waals surface area contributed by atoms with Gasteiger partial charge in [0.05, 0.1) is 11.2 Å². The molecule has 0 aliphatic rings. The van der Waals surface area contributed by atoms with E-state index in [0.29, 0.717) is 0 Å². The van der Waals surface area contributed by atoms with Crippen LogP contribution in [0.5, 0.6) is 0 Å². The van der Waals surface area contributed by atoms with E-state index in [-0.39, 0.29) is 5.54 Å². The van der Waals surface area contributed by atoms with Gasteiger partial charge in [-0.15, -0.1) is 11.3 Å². The molecular weight excluding hydrogens is 276 g/mol. The molecule has 0 saturated carbocycles. The maximum absolute atomic E-state index is 4.92. The molecule has 1 heterocycles. The molecule has 2 nitrogen and oxygen atoms in total. The number of hydrogen-bond donors (Lipinski definition) is 1. The van der Waals surface area contributed by atoms with Gasteiger partial charge in [-0.05, 0) is 39.7 Å². The third-order valence-corrected chi connectivity index (χ3v) is 5.52. The largest absolute Gasteiger partial charge is 0.306 e. The minimum Gasteiger partial charge on any atom is -0.306 e.